The number of piperidine rings is 2. The lowest BCUT2D eigenvalue weighted by Gasteiger charge is -2.49. The van der Waals surface area contributed by atoms with E-state index in [0.29, 0.717) is 12.5 Å². The first-order valence-corrected chi connectivity index (χ1v) is 8.51. The Kier molecular flexibility index (Phi) is 4.68. The Hall–Kier alpha value is -1.14. The lowest BCUT2D eigenvalue weighted by atomic mass is 9.65. The highest BCUT2D eigenvalue weighted by molar-refractivity contribution is 5.84. The largest absolute Gasteiger partial charge is 0.396 e. The van der Waals surface area contributed by atoms with E-state index >= 15 is 0 Å². The number of hydrazone groups is 1. The summed E-state index contributed by atoms with van der Waals surface area (Å²) >= 11 is 0. The molecule has 124 valence electrons. The van der Waals surface area contributed by atoms with E-state index in [-0.39, 0.29) is 17.9 Å². The number of nitrogens with one attached hydrogen (secondary N) is 1. The SMILES string of the molecule is CC1=NN(CC(=O)N2CCC3(CCNC[C@H]3CO)CC2)CC1. The van der Waals surface area contributed by atoms with E-state index in [1.54, 1.807) is 0 Å². The molecule has 0 bridgehead atoms. The van der Waals surface area contributed by atoms with Gasteiger partial charge in [-0.05, 0) is 38.1 Å². The molecule has 22 heavy (non-hydrogen) atoms. The second-order valence-corrected chi connectivity index (χ2v) is 7.05. The van der Waals surface area contributed by atoms with Gasteiger partial charge < -0.3 is 15.3 Å². The van der Waals surface area contributed by atoms with Crippen LogP contribution in [0.15, 0.2) is 5.10 Å². The summed E-state index contributed by atoms with van der Waals surface area (Å²) in [6.07, 6.45) is 4.14. The van der Waals surface area contributed by atoms with Crippen molar-refractivity contribution in [3.8, 4) is 0 Å². The van der Waals surface area contributed by atoms with Crippen LogP contribution in [0, 0.1) is 11.3 Å². The molecule has 3 aliphatic heterocycles. The Balaban J connectivity index is 1.53. The van der Waals surface area contributed by atoms with E-state index in [1.165, 1.54) is 0 Å². The molecule has 3 aliphatic rings. The average Bonchev–Trinajstić information content (AvgIpc) is 2.93. The van der Waals surface area contributed by atoms with Crippen molar-refractivity contribution in [1.82, 2.24) is 15.2 Å². The molecule has 0 saturated carbocycles. The van der Waals surface area contributed by atoms with Gasteiger partial charge >= 0.3 is 0 Å². The van der Waals surface area contributed by atoms with Crippen molar-refractivity contribution >= 4 is 11.6 Å². The third kappa shape index (κ3) is 3.13. The maximum Gasteiger partial charge on any atom is 0.243 e. The molecule has 0 aromatic rings. The first kappa shape index (κ1) is 15.7. The molecule has 0 aromatic heterocycles. The van der Waals surface area contributed by atoms with Gasteiger partial charge in [0.2, 0.25) is 5.91 Å². The van der Waals surface area contributed by atoms with Gasteiger partial charge in [0.25, 0.3) is 0 Å². The van der Waals surface area contributed by atoms with Crippen LogP contribution in [0.2, 0.25) is 0 Å². The monoisotopic (exact) mass is 308 g/mol. The van der Waals surface area contributed by atoms with Crippen LogP contribution in [-0.2, 0) is 4.79 Å². The molecule has 0 aromatic carbocycles. The third-order valence-corrected chi connectivity index (χ3v) is 5.75. The summed E-state index contributed by atoms with van der Waals surface area (Å²) in [7, 11) is 0. The zero-order chi connectivity index (χ0) is 15.6. The minimum atomic E-state index is 0.197. The van der Waals surface area contributed by atoms with Crippen LogP contribution in [0.1, 0.15) is 32.6 Å². The molecule has 6 heteroatoms. The van der Waals surface area contributed by atoms with Crippen molar-refractivity contribution < 1.29 is 9.90 Å². The Labute approximate surface area is 132 Å². The van der Waals surface area contributed by atoms with Gasteiger partial charge in [-0.1, -0.05) is 0 Å². The quantitative estimate of drug-likeness (QED) is 0.786. The lowest BCUT2D eigenvalue weighted by Crippen LogP contribution is -2.54. The highest BCUT2D eigenvalue weighted by Crippen LogP contribution is 2.43. The first-order valence-electron chi connectivity index (χ1n) is 8.51. The molecule has 2 fully saturated rings. The molecule has 1 amide bonds. The average molecular weight is 308 g/mol. The van der Waals surface area contributed by atoms with Gasteiger partial charge in [0.1, 0.15) is 6.54 Å². The maximum absolute atomic E-state index is 12.4. The Morgan fingerprint density at radius 1 is 1.36 bits per heavy atom. The van der Waals surface area contributed by atoms with Gasteiger partial charge in [0.05, 0.1) is 0 Å². The number of amides is 1. The van der Waals surface area contributed by atoms with Gasteiger partial charge in [-0.25, -0.2) is 0 Å². The fourth-order valence-corrected chi connectivity index (χ4v) is 4.15. The summed E-state index contributed by atoms with van der Waals surface area (Å²) < 4.78 is 0. The van der Waals surface area contributed by atoms with Crippen molar-refractivity contribution in [2.75, 3.05) is 45.9 Å². The minimum Gasteiger partial charge on any atom is -0.396 e. The highest BCUT2D eigenvalue weighted by atomic mass is 16.3. The fraction of sp³-hybridized carbons (Fsp3) is 0.875. The van der Waals surface area contributed by atoms with Crippen LogP contribution in [0.5, 0.6) is 0 Å². The van der Waals surface area contributed by atoms with Crippen molar-refractivity contribution in [3.05, 3.63) is 0 Å². The van der Waals surface area contributed by atoms with Crippen LogP contribution in [-0.4, -0.2) is 72.5 Å². The summed E-state index contributed by atoms with van der Waals surface area (Å²) in [4.78, 5) is 14.4. The van der Waals surface area contributed by atoms with Gasteiger partial charge in [-0.3, -0.25) is 9.80 Å². The van der Waals surface area contributed by atoms with E-state index in [9.17, 15) is 9.90 Å². The zero-order valence-corrected chi connectivity index (χ0v) is 13.6. The van der Waals surface area contributed by atoms with Crippen molar-refractivity contribution in [1.29, 1.82) is 0 Å². The van der Waals surface area contributed by atoms with E-state index < -0.39 is 0 Å². The van der Waals surface area contributed by atoms with Crippen LogP contribution >= 0.6 is 0 Å². The van der Waals surface area contributed by atoms with Gasteiger partial charge in [0.15, 0.2) is 0 Å². The van der Waals surface area contributed by atoms with E-state index in [4.69, 9.17) is 0 Å². The van der Waals surface area contributed by atoms with Crippen molar-refractivity contribution in [3.63, 3.8) is 0 Å². The Morgan fingerprint density at radius 3 is 2.77 bits per heavy atom. The molecule has 6 nitrogen and oxygen atoms in total. The van der Waals surface area contributed by atoms with E-state index in [1.807, 2.05) is 16.8 Å². The number of carbonyl (C=O) groups excluding carboxylic acids is 1. The molecule has 3 rings (SSSR count). The molecule has 1 atom stereocenters. The predicted octanol–water partition coefficient (Wildman–Crippen LogP) is 0.279. The number of hydrogen-bond acceptors (Lipinski definition) is 5. The summed E-state index contributed by atoms with van der Waals surface area (Å²) in [6.45, 7) is 7.14. The minimum absolute atomic E-state index is 0.197. The van der Waals surface area contributed by atoms with Crippen molar-refractivity contribution in [2.24, 2.45) is 16.4 Å². The number of nitrogens with zero attached hydrogens (tertiary/aromatic N) is 3. The highest BCUT2D eigenvalue weighted by Gasteiger charge is 2.43. The second kappa shape index (κ2) is 6.54. The molecule has 1 spiro atoms. The Bertz CT molecular complexity index is 443. The number of aliphatic hydroxyl groups excluding tert-OH is 1. The zero-order valence-electron chi connectivity index (χ0n) is 13.6. The molecule has 0 unspecified atom stereocenters. The molecule has 3 heterocycles. The number of carbonyl (C=O) groups is 1. The first-order chi connectivity index (χ1) is 10.6. The normalized spacial score (nSPS) is 28.1. The van der Waals surface area contributed by atoms with Crippen LogP contribution in [0.25, 0.3) is 0 Å². The topological polar surface area (TPSA) is 68.2 Å². The van der Waals surface area contributed by atoms with Gasteiger partial charge in [0, 0.05) is 50.8 Å². The smallest absolute Gasteiger partial charge is 0.243 e. The van der Waals surface area contributed by atoms with Gasteiger partial charge in [-0.2, -0.15) is 5.10 Å². The number of hydrogen-bond donors (Lipinski definition) is 2. The molecule has 0 aliphatic carbocycles. The van der Waals surface area contributed by atoms with E-state index in [0.717, 1.165) is 64.1 Å². The third-order valence-electron chi connectivity index (χ3n) is 5.75. The molecule has 0 radical (unpaired) electrons. The number of likely N-dealkylation sites (tertiary alicyclic amines) is 1. The number of aliphatic hydroxyl groups is 1. The predicted molar refractivity (Wildman–Crippen MR) is 85.6 cm³/mol. The van der Waals surface area contributed by atoms with Crippen LogP contribution in [0.3, 0.4) is 0 Å². The van der Waals surface area contributed by atoms with Crippen LogP contribution < -0.4 is 5.32 Å². The summed E-state index contributed by atoms with van der Waals surface area (Å²) in [5.41, 5.74) is 1.35. The maximum atomic E-state index is 12.4. The summed E-state index contributed by atoms with van der Waals surface area (Å²) in [5, 5.41) is 19.3. The van der Waals surface area contributed by atoms with Crippen molar-refractivity contribution in [2.45, 2.75) is 32.6 Å². The lowest BCUT2D eigenvalue weighted by molar-refractivity contribution is -0.136. The second-order valence-electron chi connectivity index (χ2n) is 7.05. The summed E-state index contributed by atoms with van der Waals surface area (Å²) in [6, 6.07) is 0. The van der Waals surface area contributed by atoms with Gasteiger partial charge in [-0.15, -0.1) is 0 Å². The molecular weight excluding hydrogens is 280 g/mol. The standard InChI is InChI=1S/C16H28N4O2/c1-13-2-7-20(18-13)11-15(22)19-8-4-16(5-9-19)3-6-17-10-14(16)12-21/h14,17,21H,2-12H2,1H3/t14-/m0/s1. The molecular formula is C16H28N4O2. The Morgan fingerprint density at radius 2 is 2.14 bits per heavy atom. The van der Waals surface area contributed by atoms with E-state index in [2.05, 4.69) is 10.4 Å². The molecule has 2 N–H and O–H groups in total. The summed E-state index contributed by atoms with van der Waals surface area (Å²) in [5.74, 6) is 0.534. The molecule has 2 saturated heterocycles. The number of rotatable bonds is 3. The fourth-order valence-electron chi connectivity index (χ4n) is 4.15. The van der Waals surface area contributed by atoms with Crippen LogP contribution in [0.4, 0.5) is 0 Å².